The highest BCUT2D eigenvalue weighted by molar-refractivity contribution is 5.94. The van der Waals surface area contributed by atoms with Crippen molar-refractivity contribution in [2.24, 2.45) is 0 Å². The van der Waals surface area contributed by atoms with E-state index in [4.69, 9.17) is 9.47 Å². The molecule has 0 radical (unpaired) electrons. The van der Waals surface area contributed by atoms with E-state index in [1.165, 1.54) is 0 Å². The Morgan fingerprint density at radius 3 is 2.85 bits per heavy atom. The number of anilines is 1. The van der Waals surface area contributed by atoms with Gasteiger partial charge in [0.1, 0.15) is 11.5 Å². The summed E-state index contributed by atoms with van der Waals surface area (Å²) in [6.07, 6.45) is 9.24. The molecule has 3 aliphatic rings. The quantitative estimate of drug-likeness (QED) is 0.865. The number of nitrogens with zero attached hydrogens (tertiary/aromatic N) is 4. The first kappa shape index (κ1) is 16.4. The average molecular weight is 367 g/mol. The molecule has 1 atom stereocenters. The van der Waals surface area contributed by atoms with Crippen LogP contribution in [0.15, 0.2) is 24.7 Å². The first-order chi connectivity index (χ1) is 13.3. The van der Waals surface area contributed by atoms with Gasteiger partial charge in [-0.25, -0.2) is 9.97 Å². The summed E-state index contributed by atoms with van der Waals surface area (Å²) < 4.78 is 11.0. The van der Waals surface area contributed by atoms with Crippen molar-refractivity contribution in [3.8, 4) is 11.5 Å². The van der Waals surface area contributed by atoms with Crippen molar-refractivity contribution in [2.45, 2.75) is 44.2 Å². The predicted molar refractivity (Wildman–Crippen MR) is 96.4 cm³/mol. The monoisotopic (exact) mass is 367 g/mol. The van der Waals surface area contributed by atoms with Crippen LogP contribution < -0.4 is 14.8 Å². The predicted octanol–water partition coefficient (Wildman–Crippen LogP) is 2.08. The van der Waals surface area contributed by atoms with Gasteiger partial charge in [-0.15, -0.1) is 0 Å². The van der Waals surface area contributed by atoms with E-state index in [1.807, 2.05) is 0 Å². The van der Waals surface area contributed by atoms with Gasteiger partial charge < -0.3 is 14.8 Å². The van der Waals surface area contributed by atoms with Gasteiger partial charge in [-0.05, 0) is 32.2 Å². The lowest BCUT2D eigenvalue weighted by atomic mass is 10.2. The second-order valence-corrected chi connectivity index (χ2v) is 7.21. The van der Waals surface area contributed by atoms with E-state index >= 15 is 0 Å². The Hall–Kier alpha value is -2.74. The highest BCUT2D eigenvalue weighted by Crippen LogP contribution is 2.38. The summed E-state index contributed by atoms with van der Waals surface area (Å²) >= 11 is 0. The number of hydrogen-bond donors (Lipinski definition) is 1. The Kier molecular flexibility index (Phi) is 4.12. The minimum Gasteiger partial charge on any atom is -0.453 e. The standard InChI is InChI=1S/C19H21N5O3/c25-19(23-13-8-21-18(22-9-13)12-3-4-12)15-2-1-7-24(15)10-14-17-16(5-6-20-14)26-11-27-17/h5-6,8-9,12,15H,1-4,7,10-11H2,(H,23,25). The number of fused-ring (bicyclic) bond motifs is 1. The largest absolute Gasteiger partial charge is 0.453 e. The number of carbonyl (C=O) groups is 1. The number of amides is 1. The molecule has 0 bridgehead atoms. The van der Waals surface area contributed by atoms with Crippen molar-refractivity contribution in [2.75, 3.05) is 18.7 Å². The fraction of sp³-hybridized carbons (Fsp3) is 0.474. The zero-order chi connectivity index (χ0) is 18.2. The van der Waals surface area contributed by atoms with Gasteiger partial charge in [-0.3, -0.25) is 14.7 Å². The van der Waals surface area contributed by atoms with Crippen LogP contribution in [0, 0.1) is 0 Å². The maximum absolute atomic E-state index is 12.8. The maximum atomic E-state index is 12.8. The molecule has 1 aliphatic carbocycles. The van der Waals surface area contributed by atoms with E-state index in [0.717, 1.165) is 43.7 Å². The van der Waals surface area contributed by atoms with Crippen molar-refractivity contribution in [1.82, 2.24) is 19.9 Å². The third kappa shape index (κ3) is 3.32. The molecular formula is C19H21N5O3. The van der Waals surface area contributed by atoms with E-state index in [9.17, 15) is 4.79 Å². The fourth-order valence-corrected chi connectivity index (χ4v) is 3.69. The molecule has 8 heteroatoms. The van der Waals surface area contributed by atoms with Crippen LogP contribution in [0.5, 0.6) is 11.5 Å². The molecule has 1 unspecified atom stereocenters. The third-order valence-corrected chi connectivity index (χ3v) is 5.26. The van der Waals surface area contributed by atoms with Crippen LogP contribution in [0.1, 0.15) is 43.1 Å². The Labute approximate surface area is 156 Å². The van der Waals surface area contributed by atoms with Gasteiger partial charge in [-0.1, -0.05) is 0 Å². The van der Waals surface area contributed by atoms with E-state index in [0.29, 0.717) is 29.6 Å². The molecule has 4 heterocycles. The highest BCUT2D eigenvalue weighted by atomic mass is 16.7. The number of ether oxygens (including phenoxy) is 2. The summed E-state index contributed by atoms with van der Waals surface area (Å²) in [6, 6.07) is 1.60. The maximum Gasteiger partial charge on any atom is 0.241 e. The summed E-state index contributed by atoms with van der Waals surface area (Å²) in [4.78, 5) is 28.1. The van der Waals surface area contributed by atoms with Crippen molar-refractivity contribution in [1.29, 1.82) is 0 Å². The molecule has 2 aromatic heterocycles. The van der Waals surface area contributed by atoms with Crippen LogP contribution in [0.25, 0.3) is 0 Å². The van der Waals surface area contributed by atoms with E-state index in [2.05, 4.69) is 25.2 Å². The summed E-state index contributed by atoms with van der Waals surface area (Å²) in [5.41, 5.74) is 1.45. The molecule has 2 fully saturated rings. The molecule has 8 nitrogen and oxygen atoms in total. The summed E-state index contributed by atoms with van der Waals surface area (Å²) in [5, 5.41) is 2.96. The summed E-state index contributed by atoms with van der Waals surface area (Å²) in [6.45, 7) is 1.62. The van der Waals surface area contributed by atoms with Crippen LogP contribution in [0.3, 0.4) is 0 Å². The van der Waals surface area contributed by atoms with Gasteiger partial charge in [0.15, 0.2) is 11.5 Å². The smallest absolute Gasteiger partial charge is 0.241 e. The Morgan fingerprint density at radius 1 is 1.19 bits per heavy atom. The number of carbonyl (C=O) groups excluding carboxylic acids is 1. The molecular weight excluding hydrogens is 346 g/mol. The van der Waals surface area contributed by atoms with Crippen molar-refractivity contribution in [3.63, 3.8) is 0 Å². The second-order valence-electron chi connectivity index (χ2n) is 7.21. The van der Waals surface area contributed by atoms with Gasteiger partial charge >= 0.3 is 0 Å². The van der Waals surface area contributed by atoms with Crippen LogP contribution in [0.2, 0.25) is 0 Å². The number of nitrogens with one attached hydrogen (secondary N) is 1. The van der Waals surface area contributed by atoms with Crippen LogP contribution in [-0.4, -0.2) is 45.1 Å². The molecule has 5 rings (SSSR count). The average Bonchev–Trinajstić information content (AvgIpc) is 3.23. The van der Waals surface area contributed by atoms with Crippen molar-refractivity contribution in [3.05, 3.63) is 36.2 Å². The minimum absolute atomic E-state index is 0.0278. The molecule has 27 heavy (non-hydrogen) atoms. The SMILES string of the molecule is O=C(Nc1cnc(C2CC2)nc1)C1CCCN1Cc1nccc2c1OCO2. The first-order valence-electron chi connectivity index (χ1n) is 9.38. The first-order valence-corrected chi connectivity index (χ1v) is 9.38. The van der Waals surface area contributed by atoms with Crippen LogP contribution >= 0.6 is 0 Å². The molecule has 2 aromatic rings. The highest BCUT2D eigenvalue weighted by Gasteiger charge is 2.33. The zero-order valence-corrected chi connectivity index (χ0v) is 14.9. The Morgan fingerprint density at radius 2 is 2.04 bits per heavy atom. The molecule has 0 spiro atoms. The number of aromatic nitrogens is 3. The van der Waals surface area contributed by atoms with Crippen molar-refractivity contribution >= 4 is 11.6 Å². The molecule has 1 saturated carbocycles. The molecule has 1 amide bonds. The number of likely N-dealkylation sites (tertiary alicyclic amines) is 1. The Balaban J connectivity index is 1.26. The van der Waals surface area contributed by atoms with Gasteiger partial charge in [-0.2, -0.15) is 0 Å². The lowest BCUT2D eigenvalue weighted by Gasteiger charge is -2.23. The lowest BCUT2D eigenvalue weighted by molar-refractivity contribution is -0.120. The zero-order valence-electron chi connectivity index (χ0n) is 14.9. The topological polar surface area (TPSA) is 89.5 Å². The number of pyridine rings is 1. The lowest BCUT2D eigenvalue weighted by Crippen LogP contribution is -2.39. The molecule has 1 saturated heterocycles. The van der Waals surface area contributed by atoms with Gasteiger partial charge in [0.25, 0.3) is 0 Å². The van der Waals surface area contributed by atoms with Gasteiger partial charge in [0, 0.05) is 24.7 Å². The molecule has 0 aromatic carbocycles. The van der Waals surface area contributed by atoms with Crippen LogP contribution in [0.4, 0.5) is 5.69 Å². The molecule has 2 aliphatic heterocycles. The van der Waals surface area contributed by atoms with Gasteiger partial charge in [0.2, 0.25) is 12.7 Å². The summed E-state index contributed by atoms with van der Waals surface area (Å²) in [7, 11) is 0. The minimum atomic E-state index is -0.201. The van der Waals surface area contributed by atoms with Crippen LogP contribution in [-0.2, 0) is 11.3 Å². The van der Waals surface area contributed by atoms with E-state index in [-0.39, 0.29) is 18.7 Å². The van der Waals surface area contributed by atoms with Gasteiger partial charge in [0.05, 0.1) is 24.1 Å². The summed E-state index contributed by atoms with van der Waals surface area (Å²) in [5.74, 6) is 2.76. The van der Waals surface area contributed by atoms with E-state index < -0.39 is 0 Å². The Bertz CT molecular complexity index is 853. The fourth-order valence-electron chi connectivity index (χ4n) is 3.69. The normalized spacial score (nSPS) is 21.4. The van der Waals surface area contributed by atoms with E-state index in [1.54, 1.807) is 24.7 Å². The number of rotatable bonds is 5. The van der Waals surface area contributed by atoms with Crippen molar-refractivity contribution < 1.29 is 14.3 Å². The molecule has 140 valence electrons. The second kappa shape index (κ2) is 6.77. The molecule has 1 N–H and O–H groups in total. The number of hydrogen-bond acceptors (Lipinski definition) is 7. The third-order valence-electron chi connectivity index (χ3n) is 5.26.